The number of hydrogen-bond donors (Lipinski definition) is 4. The van der Waals surface area contributed by atoms with Crippen LogP contribution in [0, 0.1) is 0 Å². The molecule has 2 aliphatic rings. The summed E-state index contributed by atoms with van der Waals surface area (Å²) >= 11 is 0. The molecule has 218 valence electrons. The average Bonchev–Trinajstić information content (AvgIpc) is 3.36. The zero-order valence-corrected chi connectivity index (χ0v) is 24.5. The predicted octanol–water partition coefficient (Wildman–Crippen LogP) is 3.87. The third-order valence-corrected chi connectivity index (χ3v) is 11.1. The van der Waals surface area contributed by atoms with Crippen molar-refractivity contribution in [3.8, 4) is 0 Å². The zero-order valence-electron chi connectivity index (χ0n) is 23.7. The normalized spacial score (nSPS) is 18.2. The minimum atomic E-state index is -1.14. The van der Waals surface area contributed by atoms with Crippen LogP contribution in [0.3, 0.4) is 0 Å². The highest BCUT2D eigenvalue weighted by Crippen LogP contribution is 2.60. The minimum absolute atomic E-state index is 0.00915. The van der Waals surface area contributed by atoms with E-state index in [-0.39, 0.29) is 42.7 Å². The van der Waals surface area contributed by atoms with Crippen molar-refractivity contribution in [1.29, 1.82) is 0 Å². The number of urea groups is 1. The zero-order chi connectivity index (χ0) is 29.3. The van der Waals surface area contributed by atoms with Gasteiger partial charge in [-0.2, -0.15) is 5.10 Å². The van der Waals surface area contributed by atoms with Crippen LogP contribution in [-0.2, 0) is 31.2 Å². The molecule has 0 unspecified atom stereocenters. The maximum absolute atomic E-state index is 13.6. The fourth-order valence-electron chi connectivity index (χ4n) is 5.37. The van der Waals surface area contributed by atoms with Gasteiger partial charge < -0.3 is 25.4 Å². The maximum atomic E-state index is 13.6. The summed E-state index contributed by atoms with van der Waals surface area (Å²) in [5.74, 6) is -1.30. The number of ether oxygens (including phenoxy) is 1. The lowest BCUT2D eigenvalue weighted by Gasteiger charge is -2.53. The van der Waals surface area contributed by atoms with Gasteiger partial charge >= 0.3 is 18.0 Å². The van der Waals surface area contributed by atoms with Crippen molar-refractivity contribution < 1.29 is 29.0 Å². The van der Waals surface area contributed by atoms with E-state index in [2.05, 4.69) is 39.6 Å². The van der Waals surface area contributed by atoms with Crippen molar-refractivity contribution >= 4 is 39.7 Å². The molecule has 1 saturated carbocycles. The number of amides is 3. The van der Waals surface area contributed by atoms with Gasteiger partial charge in [0.1, 0.15) is 6.61 Å². The quantitative estimate of drug-likeness (QED) is 0.315. The van der Waals surface area contributed by atoms with E-state index in [4.69, 9.17) is 9.84 Å². The first kappa shape index (κ1) is 29.4. The molecule has 1 aliphatic heterocycles. The van der Waals surface area contributed by atoms with Gasteiger partial charge in [0.05, 0.1) is 41.4 Å². The van der Waals surface area contributed by atoms with Gasteiger partial charge in [-0.05, 0) is 57.4 Å². The molecule has 0 saturated heterocycles. The number of fused-ring (bicyclic) bond motifs is 1. The highest BCUT2D eigenvalue weighted by Gasteiger charge is 2.51. The Morgan fingerprint density at radius 2 is 1.80 bits per heavy atom. The third kappa shape index (κ3) is 5.67. The Kier molecular flexibility index (Phi) is 8.21. The van der Waals surface area contributed by atoms with E-state index in [0.29, 0.717) is 5.82 Å². The van der Waals surface area contributed by atoms with Gasteiger partial charge in [-0.1, -0.05) is 30.3 Å². The van der Waals surface area contributed by atoms with E-state index < -0.39 is 33.5 Å². The van der Waals surface area contributed by atoms with Crippen LogP contribution in [0.4, 0.5) is 10.6 Å². The smallest absolute Gasteiger partial charge is 0.319 e. The molecule has 1 aliphatic carbocycles. The first-order chi connectivity index (χ1) is 18.8. The lowest BCUT2D eigenvalue weighted by atomic mass is 9.83. The summed E-state index contributed by atoms with van der Waals surface area (Å²) in [5.41, 5.74) is 1.50. The van der Waals surface area contributed by atoms with Gasteiger partial charge in [0.25, 0.3) is 0 Å². The second-order valence-electron chi connectivity index (χ2n) is 11.7. The molecule has 2 heterocycles. The second kappa shape index (κ2) is 11.1. The number of aliphatic carboxylic acids is 1. The number of nitrogens with one attached hydrogen (secondary N) is 3. The molecule has 4 N–H and O–H groups in total. The van der Waals surface area contributed by atoms with Crippen LogP contribution in [0.1, 0.15) is 68.8 Å². The van der Waals surface area contributed by atoms with Gasteiger partial charge in [-0.3, -0.25) is 19.5 Å². The maximum Gasteiger partial charge on any atom is 0.319 e. The highest BCUT2D eigenvalue weighted by atomic mass is 32.3. The van der Waals surface area contributed by atoms with Crippen LogP contribution in [0.5, 0.6) is 0 Å². The molecule has 1 atom stereocenters. The van der Waals surface area contributed by atoms with E-state index >= 15 is 0 Å². The highest BCUT2D eigenvalue weighted by molar-refractivity contribution is 8.33. The summed E-state index contributed by atoms with van der Waals surface area (Å²) in [7, 11) is -1.14. The number of carbonyl (C=O) groups is 4. The number of nitrogens with zero attached hydrogens (tertiary/aromatic N) is 2. The number of H-pyrrole nitrogens is 1. The van der Waals surface area contributed by atoms with Crippen molar-refractivity contribution in [1.82, 2.24) is 20.4 Å². The third-order valence-electron chi connectivity index (χ3n) is 8.15. The largest absolute Gasteiger partial charge is 0.481 e. The van der Waals surface area contributed by atoms with Crippen molar-refractivity contribution in [2.75, 3.05) is 30.7 Å². The van der Waals surface area contributed by atoms with Crippen LogP contribution < -0.4 is 10.6 Å². The summed E-state index contributed by atoms with van der Waals surface area (Å²) in [6.45, 7) is 3.89. The summed E-state index contributed by atoms with van der Waals surface area (Å²) in [6.07, 6.45) is 8.70. The molecular formula is C28H39N5O6S. The molecule has 3 amide bonds. The standard InChI is InChI=1S/C28H39N5O6S/c1-27(2)23-19(24(32-31-23)30-25(37)28(14-9-15-28)40(3,4)5)16-33(27)26(38)29-20(18-10-7-6-8-11-18)17-39-22(36)13-12-21(34)35/h6-8,10-11,20H,9,12-17H2,1-5H3,(H,29,38)(H,34,35)(H2,30,31,32,37)/t20-/m1/s1. The van der Waals surface area contributed by atoms with Crippen molar-refractivity contribution in [2.24, 2.45) is 0 Å². The van der Waals surface area contributed by atoms with Gasteiger partial charge in [-0.15, -0.1) is 0 Å². The Morgan fingerprint density at radius 1 is 1.12 bits per heavy atom. The lowest BCUT2D eigenvalue weighted by molar-refractivity contribution is -0.148. The number of hydrogen-bond acceptors (Lipinski definition) is 6. The number of carboxylic acid groups (broad SMARTS) is 1. The van der Waals surface area contributed by atoms with E-state index in [1.807, 2.05) is 44.2 Å². The summed E-state index contributed by atoms with van der Waals surface area (Å²) in [5, 5.41) is 22.3. The summed E-state index contributed by atoms with van der Waals surface area (Å²) in [4.78, 5) is 51.6. The lowest BCUT2D eigenvalue weighted by Crippen LogP contribution is -2.51. The van der Waals surface area contributed by atoms with Crippen molar-refractivity contribution in [3.63, 3.8) is 0 Å². The Bertz CT molecular complexity index is 1280. The predicted molar refractivity (Wildman–Crippen MR) is 153 cm³/mol. The first-order valence-electron chi connectivity index (χ1n) is 13.3. The van der Waals surface area contributed by atoms with Gasteiger partial charge in [0, 0.05) is 5.56 Å². The molecular weight excluding hydrogens is 534 g/mol. The molecule has 0 radical (unpaired) electrons. The number of esters is 1. The van der Waals surface area contributed by atoms with Gasteiger partial charge in [0.15, 0.2) is 5.82 Å². The van der Waals surface area contributed by atoms with Crippen LogP contribution in [0.2, 0.25) is 0 Å². The molecule has 0 spiro atoms. The van der Waals surface area contributed by atoms with E-state index in [0.717, 1.165) is 36.1 Å². The number of anilines is 1. The first-order valence-corrected chi connectivity index (χ1v) is 16.2. The van der Waals surface area contributed by atoms with Crippen molar-refractivity contribution in [2.45, 2.75) is 68.8 Å². The summed E-state index contributed by atoms with van der Waals surface area (Å²) < 4.78 is 4.95. The Labute approximate surface area is 235 Å². The fourth-order valence-corrected chi connectivity index (χ4v) is 7.49. The van der Waals surface area contributed by atoms with Gasteiger partial charge in [-0.25, -0.2) is 14.8 Å². The molecule has 11 nitrogen and oxygen atoms in total. The number of aromatic nitrogens is 2. The van der Waals surface area contributed by atoms with Crippen LogP contribution >= 0.6 is 10.0 Å². The molecule has 2 aromatic rings. The minimum Gasteiger partial charge on any atom is -0.481 e. The van der Waals surface area contributed by atoms with Crippen LogP contribution in [0.25, 0.3) is 0 Å². The Balaban J connectivity index is 1.48. The number of benzene rings is 1. The average molecular weight is 574 g/mol. The second-order valence-corrected chi connectivity index (χ2v) is 16.2. The van der Waals surface area contributed by atoms with E-state index in [1.165, 1.54) is 0 Å². The molecule has 0 bridgehead atoms. The van der Waals surface area contributed by atoms with Crippen LogP contribution in [0.15, 0.2) is 30.3 Å². The van der Waals surface area contributed by atoms with E-state index in [9.17, 15) is 19.2 Å². The van der Waals surface area contributed by atoms with Gasteiger partial charge in [0.2, 0.25) is 5.91 Å². The monoisotopic (exact) mass is 573 g/mol. The number of rotatable bonds is 10. The van der Waals surface area contributed by atoms with E-state index in [1.54, 1.807) is 4.90 Å². The SMILES string of the molecule is CC1(C)c2[nH]nc(NC(=O)C3(S(C)(C)C)CCC3)c2CN1C(=O)N[C@H](COC(=O)CCC(=O)O)c1ccccc1. The number of aromatic amines is 1. The molecule has 40 heavy (non-hydrogen) atoms. The molecule has 1 aromatic carbocycles. The molecule has 12 heteroatoms. The fraction of sp³-hybridized carbons (Fsp3) is 0.536. The molecule has 1 fully saturated rings. The molecule has 4 rings (SSSR count). The van der Waals surface area contributed by atoms with Crippen LogP contribution in [-0.4, -0.2) is 74.2 Å². The number of carbonyl (C=O) groups excluding carboxylic acids is 3. The Hall–Kier alpha value is -3.54. The summed E-state index contributed by atoms with van der Waals surface area (Å²) in [6, 6.07) is 8.09. The number of carboxylic acids is 1. The topological polar surface area (TPSA) is 154 Å². The Morgan fingerprint density at radius 3 is 2.38 bits per heavy atom. The van der Waals surface area contributed by atoms with Crippen molar-refractivity contribution in [3.05, 3.63) is 47.2 Å². The molecule has 1 aromatic heterocycles.